The first-order valence-electron chi connectivity index (χ1n) is 6.83. The van der Waals surface area contributed by atoms with E-state index >= 15 is 0 Å². The summed E-state index contributed by atoms with van der Waals surface area (Å²) in [6.45, 7) is 4.31. The van der Waals surface area contributed by atoms with Crippen molar-refractivity contribution in [3.8, 4) is 11.3 Å². The second-order valence-electron chi connectivity index (χ2n) is 4.46. The first-order valence-corrected chi connectivity index (χ1v) is 6.83. The second kappa shape index (κ2) is 7.67. The van der Waals surface area contributed by atoms with E-state index in [-0.39, 0.29) is 0 Å². The molecule has 1 heterocycles. The van der Waals surface area contributed by atoms with Crippen molar-refractivity contribution in [1.29, 1.82) is 0 Å². The SMILES string of the molecule is CCc1cc(-c2ccc(NCNCCOC)cc2)no1. The maximum absolute atomic E-state index is 5.21. The highest BCUT2D eigenvalue weighted by molar-refractivity contribution is 5.62. The van der Waals surface area contributed by atoms with Gasteiger partial charge in [-0.05, 0) is 12.1 Å². The van der Waals surface area contributed by atoms with Gasteiger partial charge in [-0.1, -0.05) is 24.2 Å². The van der Waals surface area contributed by atoms with E-state index in [1.165, 1.54) is 0 Å². The Morgan fingerprint density at radius 2 is 2.05 bits per heavy atom. The molecule has 0 aliphatic heterocycles. The molecule has 0 atom stereocenters. The van der Waals surface area contributed by atoms with Crippen molar-refractivity contribution in [2.24, 2.45) is 0 Å². The molecule has 108 valence electrons. The number of nitrogens with zero attached hydrogens (tertiary/aromatic N) is 1. The molecule has 1 aromatic heterocycles. The largest absolute Gasteiger partial charge is 0.383 e. The molecule has 2 aromatic rings. The first-order chi connectivity index (χ1) is 9.83. The Morgan fingerprint density at radius 3 is 2.70 bits per heavy atom. The minimum Gasteiger partial charge on any atom is -0.383 e. The smallest absolute Gasteiger partial charge is 0.137 e. The molecule has 2 rings (SSSR count). The van der Waals surface area contributed by atoms with Crippen molar-refractivity contribution >= 4 is 5.69 Å². The molecule has 0 spiro atoms. The van der Waals surface area contributed by atoms with Crippen LogP contribution in [0.15, 0.2) is 34.9 Å². The lowest BCUT2D eigenvalue weighted by molar-refractivity contribution is 0.200. The average molecular weight is 275 g/mol. The van der Waals surface area contributed by atoms with Crippen molar-refractivity contribution < 1.29 is 9.26 Å². The Kier molecular flexibility index (Phi) is 5.58. The van der Waals surface area contributed by atoms with Crippen LogP contribution < -0.4 is 10.6 Å². The molecule has 0 bridgehead atoms. The molecule has 0 aliphatic carbocycles. The van der Waals surface area contributed by atoms with Crippen LogP contribution in [0.1, 0.15) is 12.7 Å². The van der Waals surface area contributed by atoms with E-state index in [0.717, 1.165) is 35.7 Å². The van der Waals surface area contributed by atoms with Gasteiger partial charge in [-0.25, -0.2) is 0 Å². The van der Waals surface area contributed by atoms with Gasteiger partial charge in [0.05, 0.1) is 13.3 Å². The number of anilines is 1. The third-order valence-electron chi connectivity index (χ3n) is 2.99. The summed E-state index contributed by atoms with van der Waals surface area (Å²) in [6.07, 6.45) is 0.861. The van der Waals surface area contributed by atoms with Crippen molar-refractivity contribution in [2.75, 3.05) is 32.2 Å². The fourth-order valence-electron chi connectivity index (χ4n) is 1.80. The highest BCUT2D eigenvalue weighted by Crippen LogP contribution is 2.21. The summed E-state index contributed by atoms with van der Waals surface area (Å²) in [5.41, 5.74) is 3.01. The standard InChI is InChI=1S/C15H21N3O2/c1-3-14-10-15(18-20-14)12-4-6-13(7-5-12)17-11-16-8-9-19-2/h4-7,10,16-17H,3,8-9,11H2,1-2H3. The van der Waals surface area contributed by atoms with Crippen LogP contribution in [-0.2, 0) is 11.2 Å². The summed E-state index contributed by atoms with van der Waals surface area (Å²) >= 11 is 0. The van der Waals surface area contributed by atoms with E-state index < -0.39 is 0 Å². The number of ether oxygens (including phenoxy) is 1. The molecule has 0 radical (unpaired) electrons. The topological polar surface area (TPSA) is 59.3 Å². The summed E-state index contributed by atoms with van der Waals surface area (Å²) in [5, 5.41) is 10.6. The number of benzene rings is 1. The Bertz CT molecular complexity index is 508. The van der Waals surface area contributed by atoms with E-state index in [1.807, 2.05) is 37.3 Å². The fourth-order valence-corrected chi connectivity index (χ4v) is 1.80. The zero-order chi connectivity index (χ0) is 14.2. The lowest BCUT2D eigenvalue weighted by Crippen LogP contribution is -2.25. The van der Waals surface area contributed by atoms with Crippen LogP contribution in [0.3, 0.4) is 0 Å². The van der Waals surface area contributed by atoms with Crippen molar-refractivity contribution in [3.05, 3.63) is 36.1 Å². The molecule has 0 fully saturated rings. The van der Waals surface area contributed by atoms with Gasteiger partial charge in [-0.2, -0.15) is 0 Å². The lowest BCUT2D eigenvalue weighted by atomic mass is 10.1. The number of nitrogens with one attached hydrogen (secondary N) is 2. The summed E-state index contributed by atoms with van der Waals surface area (Å²) in [7, 11) is 1.70. The monoisotopic (exact) mass is 275 g/mol. The summed E-state index contributed by atoms with van der Waals surface area (Å²) in [6, 6.07) is 10.1. The molecule has 5 heteroatoms. The van der Waals surface area contributed by atoms with Crippen LogP contribution in [0.5, 0.6) is 0 Å². The van der Waals surface area contributed by atoms with Gasteiger partial charge in [-0.3, -0.25) is 5.32 Å². The van der Waals surface area contributed by atoms with E-state index in [1.54, 1.807) is 7.11 Å². The van der Waals surface area contributed by atoms with Crippen LogP contribution in [-0.4, -0.2) is 32.1 Å². The zero-order valence-corrected chi connectivity index (χ0v) is 12.0. The molecular weight excluding hydrogens is 254 g/mol. The van der Waals surface area contributed by atoms with Crippen LogP contribution in [0.25, 0.3) is 11.3 Å². The molecule has 0 saturated heterocycles. The molecular formula is C15H21N3O2. The molecule has 20 heavy (non-hydrogen) atoms. The number of aromatic nitrogens is 1. The Morgan fingerprint density at radius 1 is 1.25 bits per heavy atom. The molecule has 5 nitrogen and oxygen atoms in total. The summed E-state index contributed by atoms with van der Waals surface area (Å²) in [5.74, 6) is 0.907. The Hall–Kier alpha value is -1.85. The molecule has 0 amide bonds. The van der Waals surface area contributed by atoms with Crippen molar-refractivity contribution in [3.63, 3.8) is 0 Å². The van der Waals surface area contributed by atoms with E-state index in [2.05, 4.69) is 15.8 Å². The van der Waals surface area contributed by atoms with Crippen molar-refractivity contribution in [1.82, 2.24) is 10.5 Å². The number of methoxy groups -OCH3 is 1. The van der Waals surface area contributed by atoms with E-state index in [0.29, 0.717) is 13.3 Å². The summed E-state index contributed by atoms with van der Waals surface area (Å²) in [4.78, 5) is 0. The van der Waals surface area contributed by atoms with Crippen LogP contribution in [0.4, 0.5) is 5.69 Å². The molecule has 2 N–H and O–H groups in total. The fraction of sp³-hybridized carbons (Fsp3) is 0.400. The Labute approximate surface area is 119 Å². The highest BCUT2D eigenvalue weighted by atomic mass is 16.5. The minimum atomic E-state index is 0.715. The molecule has 0 aliphatic rings. The average Bonchev–Trinajstić information content (AvgIpc) is 2.97. The predicted molar refractivity (Wildman–Crippen MR) is 79.7 cm³/mol. The number of aryl methyl sites for hydroxylation is 1. The molecule has 0 saturated carbocycles. The van der Waals surface area contributed by atoms with Crippen LogP contribution in [0.2, 0.25) is 0 Å². The minimum absolute atomic E-state index is 0.715. The predicted octanol–water partition coefficient (Wildman–Crippen LogP) is 2.51. The summed E-state index contributed by atoms with van der Waals surface area (Å²) < 4.78 is 10.2. The van der Waals surface area contributed by atoms with Crippen LogP contribution >= 0.6 is 0 Å². The maximum atomic E-state index is 5.21. The third kappa shape index (κ3) is 4.08. The van der Waals surface area contributed by atoms with Gasteiger partial charge in [0.2, 0.25) is 0 Å². The number of hydrogen-bond acceptors (Lipinski definition) is 5. The van der Waals surface area contributed by atoms with Gasteiger partial charge < -0.3 is 14.6 Å². The quantitative estimate of drug-likeness (QED) is 0.572. The zero-order valence-electron chi connectivity index (χ0n) is 12.0. The van der Waals surface area contributed by atoms with Gasteiger partial charge in [0, 0.05) is 37.4 Å². The van der Waals surface area contributed by atoms with Gasteiger partial charge >= 0.3 is 0 Å². The lowest BCUT2D eigenvalue weighted by Gasteiger charge is -2.08. The van der Waals surface area contributed by atoms with Gasteiger partial charge in [0.15, 0.2) is 0 Å². The number of rotatable bonds is 8. The molecule has 0 unspecified atom stereocenters. The second-order valence-corrected chi connectivity index (χ2v) is 4.46. The van der Waals surface area contributed by atoms with Gasteiger partial charge in [0.25, 0.3) is 0 Å². The normalized spacial score (nSPS) is 10.7. The van der Waals surface area contributed by atoms with E-state index in [4.69, 9.17) is 9.26 Å². The highest BCUT2D eigenvalue weighted by Gasteiger charge is 2.04. The Balaban J connectivity index is 1.86. The van der Waals surface area contributed by atoms with Crippen LogP contribution in [0, 0.1) is 0 Å². The van der Waals surface area contributed by atoms with E-state index in [9.17, 15) is 0 Å². The van der Waals surface area contributed by atoms with Crippen molar-refractivity contribution in [2.45, 2.75) is 13.3 Å². The first kappa shape index (κ1) is 14.6. The van der Waals surface area contributed by atoms with Gasteiger partial charge in [0.1, 0.15) is 11.5 Å². The number of hydrogen-bond donors (Lipinski definition) is 2. The van der Waals surface area contributed by atoms with Gasteiger partial charge in [-0.15, -0.1) is 0 Å². The maximum Gasteiger partial charge on any atom is 0.137 e. The third-order valence-corrected chi connectivity index (χ3v) is 2.99. The molecule has 1 aromatic carbocycles.